The summed E-state index contributed by atoms with van der Waals surface area (Å²) in [6.45, 7) is -0.218. The molecule has 0 bridgehead atoms. The standard InChI is InChI=1S/C26H25NO7/c1-31-19-10-8-18(9-11-19)27-23(28)13-12-21(24(27)17-6-4-3-5-7-17)26(30)34-16-22-20(14-15-33-22)25(29)32-2/h3-11,14-15,21,24H,12-13,16H2,1-2H3/t21-,24+/m0/s1. The van der Waals surface area contributed by atoms with Crippen molar-refractivity contribution in [2.75, 3.05) is 19.1 Å². The average Bonchev–Trinajstić information content (AvgIpc) is 3.36. The topological polar surface area (TPSA) is 95.3 Å². The van der Waals surface area contributed by atoms with E-state index in [1.165, 1.54) is 19.4 Å². The van der Waals surface area contributed by atoms with Crippen LogP contribution in [0, 0.1) is 5.92 Å². The zero-order valence-corrected chi connectivity index (χ0v) is 18.9. The minimum absolute atomic E-state index is 0.0814. The molecule has 2 atom stereocenters. The summed E-state index contributed by atoms with van der Waals surface area (Å²) < 4.78 is 20.9. The number of furan rings is 1. The van der Waals surface area contributed by atoms with Crippen molar-refractivity contribution in [2.45, 2.75) is 25.5 Å². The lowest BCUT2D eigenvalue weighted by Gasteiger charge is -2.40. The van der Waals surface area contributed by atoms with Gasteiger partial charge in [0.2, 0.25) is 5.91 Å². The summed E-state index contributed by atoms with van der Waals surface area (Å²) in [5.41, 5.74) is 1.69. The first-order valence-electron chi connectivity index (χ1n) is 10.9. The van der Waals surface area contributed by atoms with Gasteiger partial charge in [-0.05, 0) is 42.3 Å². The molecule has 1 amide bonds. The maximum Gasteiger partial charge on any atom is 0.341 e. The lowest BCUT2D eigenvalue weighted by molar-refractivity contribution is -0.152. The van der Waals surface area contributed by atoms with Crippen molar-refractivity contribution in [3.05, 3.63) is 83.8 Å². The first kappa shape index (κ1) is 23.1. The molecular weight excluding hydrogens is 438 g/mol. The predicted molar refractivity (Wildman–Crippen MR) is 122 cm³/mol. The molecule has 0 unspecified atom stereocenters. The fourth-order valence-electron chi connectivity index (χ4n) is 4.21. The number of hydrogen-bond acceptors (Lipinski definition) is 7. The number of rotatable bonds is 7. The Hall–Kier alpha value is -4.07. The van der Waals surface area contributed by atoms with Gasteiger partial charge in [0.15, 0.2) is 5.76 Å². The summed E-state index contributed by atoms with van der Waals surface area (Å²) in [6.07, 6.45) is 1.88. The monoisotopic (exact) mass is 463 g/mol. The van der Waals surface area contributed by atoms with E-state index in [-0.39, 0.29) is 30.3 Å². The Balaban J connectivity index is 1.62. The van der Waals surface area contributed by atoms with Crippen molar-refractivity contribution in [1.29, 1.82) is 0 Å². The molecule has 0 N–H and O–H groups in total. The molecule has 0 saturated carbocycles. The number of hydrogen-bond donors (Lipinski definition) is 0. The first-order chi connectivity index (χ1) is 16.5. The highest BCUT2D eigenvalue weighted by Gasteiger charge is 2.42. The predicted octanol–water partition coefficient (Wildman–Crippen LogP) is 4.30. The number of nitrogens with zero attached hydrogens (tertiary/aromatic N) is 1. The van der Waals surface area contributed by atoms with E-state index in [4.69, 9.17) is 18.6 Å². The van der Waals surface area contributed by atoms with Crippen LogP contribution in [0.2, 0.25) is 0 Å². The smallest absolute Gasteiger partial charge is 0.341 e. The number of amides is 1. The van der Waals surface area contributed by atoms with Crippen LogP contribution in [0.4, 0.5) is 5.69 Å². The third-order valence-corrected chi connectivity index (χ3v) is 5.89. The zero-order chi connectivity index (χ0) is 24.1. The molecule has 176 valence electrons. The maximum atomic E-state index is 13.3. The van der Waals surface area contributed by atoms with Crippen LogP contribution in [-0.2, 0) is 25.7 Å². The van der Waals surface area contributed by atoms with E-state index in [9.17, 15) is 14.4 Å². The number of ether oxygens (including phenoxy) is 3. The largest absolute Gasteiger partial charge is 0.497 e. The van der Waals surface area contributed by atoms with Crippen LogP contribution in [-0.4, -0.2) is 32.1 Å². The van der Waals surface area contributed by atoms with Crippen LogP contribution in [0.25, 0.3) is 0 Å². The zero-order valence-electron chi connectivity index (χ0n) is 18.9. The van der Waals surface area contributed by atoms with Crippen molar-refractivity contribution in [1.82, 2.24) is 0 Å². The number of piperidine rings is 1. The van der Waals surface area contributed by atoms with Crippen LogP contribution in [0.15, 0.2) is 71.3 Å². The van der Waals surface area contributed by atoms with Gasteiger partial charge < -0.3 is 23.5 Å². The number of benzene rings is 2. The second kappa shape index (κ2) is 10.2. The SMILES string of the molecule is COC(=O)c1ccoc1COC(=O)[C@H]1CCC(=O)N(c2ccc(OC)cc2)[C@@H]1c1ccccc1. The minimum Gasteiger partial charge on any atom is -0.497 e. The van der Waals surface area contributed by atoms with Crippen molar-refractivity contribution in [2.24, 2.45) is 5.92 Å². The second-order valence-electron chi connectivity index (χ2n) is 7.82. The van der Waals surface area contributed by atoms with E-state index in [2.05, 4.69) is 0 Å². The molecule has 2 aromatic carbocycles. The number of methoxy groups -OCH3 is 2. The fraction of sp³-hybridized carbons (Fsp3) is 0.269. The van der Waals surface area contributed by atoms with Crippen molar-refractivity contribution < 1.29 is 33.0 Å². The van der Waals surface area contributed by atoms with Crippen LogP contribution in [0.5, 0.6) is 5.75 Å². The summed E-state index contributed by atoms with van der Waals surface area (Å²) in [7, 11) is 2.84. The minimum atomic E-state index is -0.612. The van der Waals surface area contributed by atoms with Crippen molar-refractivity contribution >= 4 is 23.5 Å². The summed E-state index contributed by atoms with van der Waals surface area (Å²) in [4.78, 5) is 39.9. The third kappa shape index (κ3) is 4.66. The molecule has 0 radical (unpaired) electrons. The molecule has 4 rings (SSSR count). The van der Waals surface area contributed by atoms with E-state index < -0.39 is 23.9 Å². The van der Waals surface area contributed by atoms with Crippen LogP contribution >= 0.6 is 0 Å². The van der Waals surface area contributed by atoms with E-state index in [1.807, 2.05) is 30.3 Å². The summed E-state index contributed by atoms with van der Waals surface area (Å²) in [6, 6.07) is 17.5. The maximum absolute atomic E-state index is 13.3. The molecule has 1 aromatic heterocycles. The van der Waals surface area contributed by atoms with Crippen molar-refractivity contribution in [3.8, 4) is 5.75 Å². The molecule has 1 aliphatic rings. The molecule has 3 aromatic rings. The Morgan fingerprint density at radius 1 is 1.03 bits per heavy atom. The van der Waals surface area contributed by atoms with E-state index in [1.54, 1.807) is 36.3 Å². The number of carbonyl (C=O) groups is 3. The van der Waals surface area contributed by atoms with Gasteiger partial charge in [-0.15, -0.1) is 0 Å². The van der Waals surface area contributed by atoms with Gasteiger partial charge in [-0.3, -0.25) is 9.59 Å². The van der Waals surface area contributed by atoms with Crippen LogP contribution in [0.3, 0.4) is 0 Å². The lowest BCUT2D eigenvalue weighted by Crippen LogP contribution is -2.46. The van der Waals surface area contributed by atoms with Gasteiger partial charge in [0.05, 0.1) is 32.4 Å². The molecule has 0 spiro atoms. The molecule has 1 fully saturated rings. The first-order valence-corrected chi connectivity index (χ1v) is 10.9. The molecule has 0 aliphatic carbocycles. The molecule has 1 saturated heterocycles. The van der Waals surface area contributed by atoms with Gasteiger partial charge in [-0.2, -0.15) is 0 Å². The highest BCUT2D eigenvalue weighted by molar-refractivity contribution is 5.97. The molecule has 8 nitrogen and oxygen atoms in total. The molecule has 8 heteroatoms. The highest BCUT2D eigenvalue weighted by Crippen LogP contribution is 2.41. The van der Waals surface area contributed by atoms with Gasteiger partial charge >= 0.3 is 11.9 Å². The van der Waals surface area contributed by atoms with Gasteiger partial charge in [-0.1, -0.05) is 30.3 Å². The Morgan fingerprint density at radius 2 is 1.76 bits per heavy atom. The molecule has 2 heterocycles. The Morgan fingerprint density at radius 3 is 2.44 bits per heavy atom. The normalized spacial score (nSPS) is 17.8. The van der Waals surface area contributed by atoms with E-state index >= 15 is 0 Å². The number of esters is 2. The quantitative estimate of drug-likeness (QED) is 0.482. The van der Waals surface area contributed by atoms with Crippen molar-refractivity contribution in [3.63, 3.8) is 0 Å². The highest BCUT2D eigenvalue weighted by atomic mass is 16.5. The summed E-state index contributed by atoms with van der Waals surface area (Å²) in [5, 5.41) is 0. The summed E-state index contributed by atoms with van der Waals surface area (Å²) >= 11 is 0. The molecular formula is C26H25NO7. The fourth-order valence-corrected chi connectivity index (χ4v) is 4.21. The Labute approximate surface area is 197 Å². The van der Waals surface area contributed by atoms with Crippen LogP contribution < -0.4 is 9.64 Å². The van der Waals surface area contributed by atoms with Gasteiger partial charge in [0, 0.05) is 12.1 Å². The number of anilines is 1. The Bertz CT molecular complexity index is 1150. The second-order valence-corrected chi connectivity index (χ2v) is 7.82. The van der Waals surface area contributed by atoms with Crippen LogP contribution in [0.1, 0.15) is 40.6 Å². The number of carbonyl (C=O) groups excluding carboxylic acids is 3. The average molecular weight is 463 g/mol. The summed E-state index contributed by atoms with van der Waals surface area (Å²) in [5.74, 6) is -0.876. The van der Waals surface area contributed by atoms with E-state index in [0.29, 0.717) is 17.9 Å². The van der Waals surface area contributed by atoms with Gasteiger partial charge in [0.25, 0.3) is 0 Å². The lowest BCUT2D eigenvalue weighted by atomic mass is 9.84. The van der Waals surface area contributed by atoms with Gasteiger partial charge in [-0.25, -0.2) is 4.79 Å². The Kier molecular flexibility index (Phi) is 6.96. The van der Waals surface area contributed by atoms with E-state index in [0.717, 1.165) is 5.56 Å². The molecule has 1 aliphatic heterocycles. The third-order valence-electron chi connectivity index (χ3n) is 5.89. The van der Waals surface area contributed by atoms with Gasteiger partial charge in [0.1, 0.15) is 17.9 Å². The molecule has 34 heavy (non-hydrogen) atoms.